The molecule has 0 atom stereocenters. The van der Waals surface area contributed by atoms with E-state index in [4.69, 9.17) is 4.98 Å². The molecule has 0 bridgehead atoms. The predicted molar refractivity (Wildman–Crippen MR) is 112 cm³/mol. The van der Waals surface area contributed by atoms with E-state index < -0.39 is 0 Å². The van der Waals surface area contributed by atoms with Gasteiger partial charge in [0.1, 0.15) is 5.82 Å². The van der Waals surface area contributed by atoms with E-state index in [0.717, 1.165) is 45.1 Å². The number of pyridine rings is 2. The first-order chi connectivity index (χ1) is 13.8. The van der Waals surface area contributed by atoms with Crippen molar-refractivity contribution in [2.45, 2.75) is 6.92 Å². The summed E-state index contributed by atoms with van der Waals surface area (Å²) in [5, 5.41) is 0. The quantitative estimate of drug-likeness (QED) is 0.428. The lowest BCUT2D eigenvalue weighted by molar-refractivity contribution is 1.00. The van der Waals surface area contributed by atoms with Crippen LogP contribution in [-0.2, 0) is 0 Å². The molecule has 2 aromatic carbocycles. The van der Waals surface area contributed by atoms with Crippen LogP contribution in [0.3, 0.4) is 0 Å². The summed E-state index contributed by atoms with van der Waals surface area (Å²) < 4.78 is 2.19. The van der Waals surface area contributed by atoms with Crippen molar-refractivity contribution < 1.29 is 0 Å². The average Bonchev–Trinajstić information content (AvgIpc) is 3.10. The molecule has 3 heterocycles. The van der Waals surface area contributed by atoms with E-state index in [-0.39, 0.29) is 0 Å². The summed E-state index contributed by atoms with van der Waals surface area (Å²) in [5.41, 5.74) is 7.19. The Kier molecular flexibility index (Phi) is 3.95. The Balaban J connectivity index is 1.68. The SMILES string of the molecule is Cc1nc2ccc(-c3ccccn3)cc2n1-c1cccc(-c2ccccn2)c1. The van der Waals surface area contributed by atoms with Crippen LogP contribution in [0.1, 0.15) is 5.82 Å². The number of benzene rings is 2. The minimum absolute atomic E-state index is 0.950. The molecular weight excluding hydrogens is 344 g/mol. The summed E-state index contributed by atoms with van der Waals surface area (Å²) in [4.78, 5) is 13.7. The molecular formula is C24H18N4. The molecule has 4 heteroatoms. The molecule has 0 radical (unpaired) electrons. The van der Waals surface area contributed by atoms with Gasteiger partial charge in [-0.3, -0.25) is 14.5 Å². The summed E-state index contributed by atoms with van der Waals surface area (Å²) in [5.74, 6) is 0.950. The monoisotopic (exact) mass is 362 g/mol. The van der Waals surface area contributed by atoms with Crippen LogP contribution in [0.2, 0.25) is 0 Å². The number of imidazole rings is 1. The van der Waals surface area contributed by atoms with Gasteiger partial charge in [-0.05, 0) is 55.5 Å². The maximum absolute atomic E-state index is 4.75. The van der Waals surface area contributed by atoms with Crippen LogP contribution in [0.4, 0.5) is 0 Å². The number of aromatic nitrogens is 4. The lowest BCUT2D eigenvalue weighted by Gasteiger charge is -2.10. The van der Waals surface area contributed by atoms with Crippen molar-refractivity contribution in [3.63, 3.8) is 0 Å². The third kappa shape index (κ3) is 2.85. The van der Waals surface area contributed by atoms with Crippen LogP contribution in [0.5, 0.6) is 0 Å². The van der Waals surface area contributed by atoms with E-state index in [9.17, 15) is 0 Å². The zero-order valence-electron chi connectivity index (χ0n) is 15.4. The van der Waals surface area contributed by atoms with Gasteiger partial charge in [0, 0.05) is 29.2 Å². The van der Waals surface area contributed by atoms with E-state index in [1.165, 1.54) is 0 Å². The molecule has 0 saturated heterocycles. The van der Waals surface area contributed by atoms with Crippen molar-refractivity contribution in [3.05, 3.63) is 97.1 Å². The lowest BCUT2D eigenvalue weighted by Crippen LogP contribution is -1.97. The molecule has 134 valence electrons. The Morgan fingerprint density at radius 2 is 1.39 bits per heavy atom. The Labute approximate surface area is 163 Å². The Morgan fingerprint density at radius 1 is 0.679 bits per heavy atom. The predicted octanol–water partition coefficient (Wildman–Crippen LogP) is 5.46. The second-order valence-electron chi connectivity index (χ2n) is 6.68. The minimum atomic E-state index is 0.950. The zero-order valence-corrected chi connectivity index (χ0v) is 15.4. The van der Waals surface area contributed by atoms with Crippen molar-refractivity contribution in [1.82, 2.24) is 19.5 Å². The fourth-order valence-corrected chi connectivity index (χ4v) is 3.55. The van der Waals surface area contributed by atoms with E-state index in [2.05, 4.69) is 57.0 Å². The molecule has 0 aliphatic rings. The van der Waals surface area contributed by atoms with Gasteiger partial charge in [0.2, 0.25) is 0 Å². The second kappa shape index (κ2) is 6.74. The fraction of sp³-hybridized carbons (Fsp3) is 0.0417. The Bertz CT molecular complexity index is 1260. The highest BCUT2D eigenvalue weighted by molar-refractivity contribution is 5.84. The number of hydrogen-bond acceptors (Lipinski definition) is 3. The van der Waals surface area contributed by atoms with E-state index in [1.807, 2.05) is 55.7 Å². The first-order valence-corrected chi connectivity index (χ1v) is 9.22. The highest BCUT2D eigenvalue weighted by Gasteiger charge is 2.12. The van der Waals surface area contributed by atoms with Gasteiger partial charge in [0.25, 0.3) is 0 Å². The molecule has 28 heavy (non-hydrogen) atoms. The lowest BCUT2D eigenvalue weighted by atomic mass is 10.1. The van der Waals surface area contributed by atoms with Crippen LogP contribution in [0.25, 0.3) is 39.2 Å². The summed E-state index contributed by atoms with van der Waals surface area (Å²) in [6.07, 6.45) is 3.64. The molecule has 0 fully saturated rings. The molecule has 0 spiro atoms. The van der Waals surface area contributed by atoms with Crippen molar-refractivity contribution in [1.29, 1.82) is 0 Å². The molecule has 0 N–H and O–H groups in total. The maximum atomic E-state index is 4.75. The normalized spacial score (nSPS) is 11.0. The topological polar surface area (TPSA) is 43.6 Å². The third-order valence-electron chi connectivity index (χ3n) is 4.85. The number of fused-ring (bicyclic) bond motifs is 1. The molecule has 0 unspecified atom stereocenters. The molecule has 0 saturated carbocycles. The van der Waals surface area contributed by atoms with Gasteiger partial charge in [-0.15, -0.1) is 0 Å². The van der Waals surface area contributed by atoms with Gasteiger partial charge in [-0.2, -0.15) is 0 Å². The molecule has 4 nitrogen and oxygen atoms in total. The standard InChI is InChI=1S/C24H18N4/c1-17-27-23-12-11-19(22-10-3-5-14-26-22)16-24(23)28(17)20-8-6-7-18(15-20)21-9-2-4-13-25-21/h2-16H,1H3. The summed E-state index contributed by atoms with van der Waals surface area (Å²) in [7, 11) is 0. The van der Waals surface area contributed by atoms with Gasteiger partial charge in [-0.25, -0.2) is 4.98 Å². The van der Waals surface area contributed by atoms with Crippen LogP contribution < -0.4 is 0 Å². The van der Waals surface area contributed by atoms with E-state index >= 15 is 0 Å². The highest BCUT2D eigenvalue weighted by atomic mass is 15.1. The van der Waals surface area contributed by atoms with Crippen LogP contribution >= 0.6 is 0 Å². The van der Waals surface area contributed by atoms with Crippen LogP contribution in [0.15, 0.2) is 91.3 Å². The summed E-state index contributed by atoms with van der Waals surface area (Å²) in [6, 6.07) is 26.6. The molecule has 3 aromatic heterocycles. The van der Waals surface area contributed by atoms with Gasteiger partial charge in [0.05, 0.1) is 22.4 Å². The molecule has 0 aliphatic carbocycles. The van der Waals surface area contributed by atoms with E-state index in [0.29, 0.717) is 0 Å². The van der Waals surface area contributed by atoms with Crippen molar-refractivity contribution in [3.8, 4) is 28.2 Å². The Morgan fingerprint density at radius 3 is 2.07 bits per heavy atom. The summed E-state index contributed by atoms with van der Waals surface area (Å²) >= 11 is 0. The second-order valence-corrected chi connectivity index (χ2v) is 6.68. The molecule has 5 rings (SSSR count). The van der Waals surface area contributed by atoms with Gasteiger partial charge in [0.15, 0.2) is 0 Å². The zero-order chi connectivity index (χ0) is 18.9. The third-order valence-corrected chi connectivity index (χ3v) is 4.85. The number of aryl methyl sites for hydroxylation is 1. The van der Waals surface area contributed by atoms with Crippen LogP contribution in [-0.4, -0.2) is 19.5 Å². The van der Waals surface area contributed by atoms with Crippen LogP contribution in [0, 0.1) is 6.92 Å². The van der Waals surface area contributed by atoms with Gasteiger partial charge < -0.3 is 0 Å². The summed E-state index contributed by atoms with van der Waals surface area (Å²) in [6.45, 7) is 2.04. The van der Waals surface area contributed by atoms with Crippen molar-refractivity contribution in [2.75, 3.05) is 0 Å². The largest absolute Gasteiger partial charge is 0.296 e. The minimum Gasteiger partial charge on any atom is -0.296 e. The molecule has 0 amide bonds. The number of hydrogen-bond donors (Lipinski definition) is 0. The maximum Gasteiger partial charge on any atom is 0.111 e. The van der Waals surface area contributed by atoms with E-state index in [1.54, 1.807) is 0 Å². The molecule has 5 aromatic rings. The fourth-order valence-electron chi connectivity index (χ4n) is 3.55. The molecule has 0 aliphatic heterocycles. The smallest absolute Gasteiger partial charge is 0.111 e. The average molecular weight is 362 g/mol. The highest BCUT2D eigenvalue weighted by Crippen LogP contribution is 2.28. The first-order valence-electron chi connectivity index (χ1n) is 9.22. The number of rotatable bonds is 3. The Hall–Kier alpha value is -3.79. The first kappa shape index (κ1) is 16.4. The van der Waals surface area contributed by atoms with Gasteiger partial charge in [-0.1, -0.05) is 30.3 Å². The van der Waals surface area contributed by atoms with Crippen molar-refractivity contribution >= 4 is 11.0 Å². The van der Waals surface area contributed by atoms with Crippen molar-refractivity contribution in [2.24, 2.45) is 0 Å². The van der Waals surface area contributed by atoms with Gasteiger partial charge >= 0.3 is 0 Å². The number of nitrogens with zero attached hydrogens (tertiary/aromatic N) is 4.